The van der Waals surface area contributed by atoms with Crippen molar-refractivity contribution < 1.29 is 4.79 Å². The molecule has 12 heavy (non-hydrogen) atoms. The van der Waals surface area contributed by atoms with Crippen LogP contribution in [-0.4, -0.2) is 26.0 Å². The Labute approximate surface area is 73.9 Å². The van der Waals surface area contributed by atoms with Crippen molar-refractivity contribution >= 4 is 5.91 Å². The molecule has 0 saturated carbocycles. The van der Waals surface area contributed by atoms with E-state index in [1.807, 2.05) is 7.05 Å². The monoisotopic (exact) mass is 170 g/mol. The number of amides is 1. The van der Waals surface area contributed by atoms with Gasteiger partial charge in [0.1, 0.15) is 0 Å². The first-order chi connectivity index (χ1) is 5.72. The average molecular weight is 170 g/mol. The van der Waals surface area contributed by atoms with Crippen LogP contribution in [0.15, 0.2) is 0 Å². The van der Waals surface area contributed by atoms with Crippen molar-refractivity contribution in [3.63, 3.8) is 0 Å². The number of piperidine rings is 1. The van der Waals surface area contributed by atoms with Crippen LogP contribution in [0.5, 0.6) is 0 Å². The van der Waals surface area contributed by atoms with Crippen LogP contribution in [-0.2, 0) is 4.79 Å². The fourth-order valence-corrected chi connectivity index (χ4v) is 1.91. The van der Waals surface area contributed by atoms with Crippen molar-refractivity contribution in [1.82, 2.24) is 10.6 Å². The Morgan fingerprint density at radius 2 is 2.42 bits per heavy atom. The van der Waals surface area contributed by atoms with Crippen LogP contribution in [0.2, 0.25) is 0 Å². The molecule has 1 aliphatic heterocycles. The zero-order valence-corrected chi connectivity index (χ0v) is 7.94. The van der Waals surface area contributed by atoms with Gasteiger partial charge in [-0.1, -0.05) is 6.92 Å². The lowest BCUT2D eigenvalue weighted by Crippen LogP contribution is -2.45. The molecule has 3 nitrogen and oxygen atoms in total. The summed E-state index contributed by atoms with van der Waals surface area (Å²) in [6.07, 6.45) is 2.88. The maximum atomic E-state index is 11.2. The molecule has 1 atom stereocenters. The molecule has 0 bridgehead atoms. The SMILES string of the molecule is CCC1(CNC)CCNC(=O)C1. The summed E-state index contributed by atoms with van der Waals surface area (Å²) < 4.78 is 0. The third-order valence-corrected chi connectivity index (χ3v) is 2.81. The van der Waals surface area contributed by atoms with Crippen LogP contribution in [0.25, 0.3) is 0 Å². The highest BCUT2D eigenvalue weighted by Crippen LogP contribution is 2.31. The standard InChI is InChI=1S/C9H18N2O/c1-3-9(7-10-2)4-5-11-8(12)6-9/h10H,3-7H2,1-2H3,(H,11,12). The highest BCUT2D eigenvalue weighted by Gasteiger charge is 2.33. The van der Waals surface area contributed by atoms with Crippen molar-refractivity contribution in [1.29, 1.82) is 0 Å². The maximum Gasteiger partial charge on any atom is 0.220 e. The van der Waals surface area contributed by atoms with Crippen molar-refractivity contribution in [3.8, 4) is 0 Å². The molecule has 0 radical (unpaired) electrons. The van der Waals surface area contributed by atoms with Gasteiger partial charge in [-0.2, -0.15) is 0 Å². The molecule has 0 aromatic heterocycles. The van der Waals surface area contributed by atoms with Crippen LogP contribution >= 0.6 is 0 Å². The Hall–Kier alpha value is -0.570. The van der Waals surface area contributed by atoms with Crippen LogP contribution in [0.1, 0.15) is 26.2 Å². The van der Waals surface area contributed by atoms with E-state index in [1.54, 1.807) is 0 Å². The maximum absolute atomic E-state index is 11.2. The van der Waals surface area contributed by atoms with Gasteiger partial charge in [-0.05, 0) is 25.3 Å². The normalized spacial score (nSPS) is 30.0. The van der Waals surface area contributed by atoms with E-state index >= 15 is 0 Å². The Kier molecular flexibility index (Phi) is 3.09. The zero-order valence-electron chi connectivity index (χ0n) is 7.94. The third-order valence-electron chi connectivity index (χ3n) is 2.81. The number of rotatable bonds is 3. The molecule has 1 rings (SSSR count). The van der Waals surface area contributed by atoms with Gasteiger partial charge in [0.25, 0.3) is 0 Å². The number of hydrogen-bond donors (Lipinski definition) is 2. The van der Waals surface area contributed by atoms with Gasteiger partial charge in [0, 0.05) is 19.5 Å². The first kappa shape index (κ1) is 9.52. The smallest absolute Gasteiger partial charge is 0.220 e. The van der Waals surface area contributed by atoms with E-state index in [0.29, 0.717) is 6.42 Å². The van der Waals surface area contributed by atoms with E-state index in [2.05, 4.69) is 17.6 Å². The fraction of sp³-hybridized carbons (Fsp3) is 0.889. The summed E-state index contributed by atoms with van der Waals surface area (Å²) in [6, 6.07) is 0. The summed E-state index contributed by atoms with van der Waals surface area (Å²) in [5, 5.41) is 6.03. The van der Waals surface area contributed by atoms with Gasteiger partial charge < -0.3 is 10.6 Å². The van der Waals surface area contributed by atoms with E-state index in [0.717, 1.165) is 25.9 Å². The van der Waals surface area contributed by atoms with Gasteiger partial charge in [-0.3, -0.25) is 4.79 Å². The molecule has 1 unspecified atom stereocenters. The van der Waals surface area contributed by atoms with E-state index in [9.17, 15) is 4.79 Å². The summed E-state index contributed by atoms with van der Waals surface area (Å²) >= 11 is 0. The molecule has 70 valence electrons. The molecule has 2 N–H and O–H groups in total. The van der Waals surface area contributed by atoms with Crippen molar-refractivity contribution in [2.45, 2.75) is 26.2 Å². The summed E-state index contributed by atoms with van der Waals surface area (Å²) in [5.74, 6) is 0.207. The highest BCUT2D eigenvalue weighted by molar-refractivity contribution is 5.77. The molecule has 0 aromatic rings. The molecule has 1 aliphatic rings. The van der Waals surface area contributed by atoms with E-state index < -0.39 is 0 Å². The van der Waals surface area contributed by atoms with E-state index in [1.165, 1.54) is 0 Å². The molecule has 1 amide bonds. The number of carbonyl (C=O) groups is 1. The Bertz CT molecular complexity index is 166. The van der Waals surface area contributed by atoms with Gasteiger partial charge >= 0.3 is 0 Å². The van der Waals surface area contributed by atoms with Crippen LogP contribution in [0.3, 0.4) is 0 Å². The molecule has 1 saturated heterocycles. The van der Waals surface area contributed by atoms with Gasteiger partial charge in [0.05, 0.1) is 0 Å². The molecule has 1 heterocycles. The van der Waals surface area contributed by atoms with Crippen molar-refractivity contribution in [2.24, 2.45) is 5.41 Å². The molecule has 0 aliphatic carbocycles. The van der Waals surface area contributed by atoms with E-state index in [-0.39, 0.29) is 11.3 Å². The lowest BCUT2D eigenvalue weighted by Gasteiger charge is -2.35. The minimum atomic E-state index is 0.207. The highest BCUT2D eigenvalue weighted by atomic mass is 16.1. The average Bonchev–Trinajstić information content (AvgIpc) is 2.05. The Morgan fingerprint density at radius 1 is 1.67 bits per heavy atom. The predicted molar refractivity (Wildman–Crippen MR) is 48.9 cm³/mol. The first-order valence-corrected chi connectivity index (χ1v) is 4.64. The van der Waals surface area contributed by atoms with Crippen LogP contribution in [0, 0.1) is 5.41 Å². The molecule has 1 fully saturated rings. The summed E-state index contributed by atoms with van der Waals surface area (Å²) in [7, 11) is 1.95. The van der Waals surface area contributed by atoms with E-state index in [4.69, 9.17) is 0 Å². The summed E-state index contributed by atoms with van der Waals surface area (Å²) in [6.45, 7) is 3.96. The second-order valence-electron chi connectivity index (χ2n) is 3.66. The second kappa shape index (κ2) is 3.90. The zero-order chi connectivity index (χ0) is 9.03. The van der Waals surface area contributed by atoms with Gasteiger partial charge in [0.2, 0.25) is 5.91 Å². The Morgan fingerprint density at radius 3 is 2.92 bits per heavy atom. The van der Waals surface area contributed by atoms with Crippen LogP contribution in [0.4, 0.5) is 0 Å². The number of carbonyl (C=O) groups excluding carboxylic acids is 1. The summed E-state index contributed by atoms with van der Waals surface area (Å²) in [4.78, 5) is 11.2. The molecule has 0 aromatic carbocycles. The largest absolute Gasteiger partial charge is 0.356 e. The minimum absolute atomic E-state index is 0.207. The summed E-state index contributed by atoms with van der Waals surface area (Å²) in [5.41, 5.74) is 0.219. The van der Waals surface area contributed by atoms with Gasteiger partial charge in [-0.25, -0.2) is 0 Å². The number of hydrogen-bond acceptors (Lipinski definition) is 2. The fourth-order valence-electron chi connectivity index (χ4n) is 1.91. The third kappa shape index (κ3) is 1.97. The Balaban J connectivity index is 2.57. The topological polar surface area (TPSA) is 41.1 Å². The number of nitrogens with one attached hydrogen (secondary N) is 2. The first-order valence-electron chi connectivity index (χ1n) is 4.64. The molecule has 0 spiro atoms. The predicted octanol–water partition coefficient (Wildman–Crippen LogP) is 0.512. The van der Waals surface area contributed by atoms with Gasteiger partial charge in [0.15, 0.2) is 0 Å². The molecular weight excluding hydrogens is 152 g/mol. The van der Waals surface area contributed by atoms with Crippen LogP contribution < -0.4 is 10.6 Å². The lowest BCUT2D eigenvalue weighted by atomic mass is 9.76. The van der Waals surface area contributed by atoms with Crippen molar-refractivity contribution in [2.75, 3.05) is 20.1 Å². The minimum Gasteiger partial charge on any atom is -0.356 e. The lowest BCUT2D eigenvalue weighted by molar-refractivity contribution is -0.125. The van der Waals surface area contributed by atoms with Crippen molar-refractivity contribution in [3.05, 3.63) is 0 Å². The second-order valence-corrected chi connectivity index (χ2v) is 3.66. The quantitative estimate of drug-likeness (QED) is 0.648. The molecular formula is C9H18N2O. The molecule has 3 heteroatoms. The van der Waals surface area contributed by atoms with Gasteiger partial charge in [-0.15, -0.1) is 0 Å².